The molecule has 0 radical (unpaired) electrons. The summed E-state index contributed by atoms with van der Waals surface area (Å²) in [6, 6.07) is 0. The molecule has 26 heavy (non-hydrogen) atoms. The zero-order valence-electron chi connectivity index (χ0n) is 12.0. The second-order valence-electron chi connectivity index (χ2n) is 4.51. The van der Waals surface area contributed by atoms with Gasteiger partial charge in [0.05, 0.1) is 10.1 Å². The van der Waals surface area contributed by atoms with E-state index in [9.17, 15) is 70.0 Å². The molecule has 152 valence electrons. The van der Waals surface area contributed by atoms with Crippen LogP contribution >= 0.6 is 0 Å². The van der Waals surface area contributed by atoms with Crippen LogP contribution in [0.2, 0.25) is 0 Å². The van der Waals surface area contributed by atoms with Gasteiger partial charge in [-0.25, -0.2) is 8.42 Å². The first-order valence-electron chi connectivity index (χ1n) is 5.35. The van der Waals surface area contributed by atoms with Crippen molar-refractivity contribution in [1.29, 1.82) is 0 Å². The SMILES string of the molecule is O=S(=O)([O-])CCC(F)(F)C(F)(F)C(F)(F)C(F)(F)C(F)(F)C(F)(F)F.[Li+]. The third kappa shape index (κ3) is 4.53. The number of hydrogen-bond donors (Lipinski definition) is 0. The molecule has 0 amide bonds. The summed E-state index contributed by atoms with van der Waals surface area (Å²) < 4.78 is 193. The second-order valence-corrected chi connectivity index (χ2v) is 6.04. The van der Waals surface area contributed by atoms with Crippen molar-refractivity contribution < 1.29 is 88.9 Å². The van der Waals surface area contributed by atoms with Crippen LogP contribution in [0.5, 0.6) is 0 Å². The largest absolute Gasteiger partial charge is 1.00 e. The number of alkyl halides is 13. The van der Waals surface area contributed by atoms with Gasteiger partial charge in [0.25, 0.3) is 0 Å². The Morgan fingerprint density at radius 2 is 0.923 bits per heavy atom. The maximum atomic E-state index is 13.0. The van der Waals surface area contributed by atoms with Gasteiger partial charge in [0.1, 0.15) is 0 Å². The molecule has 0 saturated carbocycles. The zero-order chi connectivity index (χ0) is 20.9. The molecule has 0 aromatic carbocycles. The summed E-state index contributed by atoms with van der Waals surface area (Å²) in [7, 11) is -5.77. The molecule has 3 nitrogen and oxygen atoms in total. The predicted octanol–water partition coefficient (Wildman–Crippen LogP) is 0.664. The van der Waals surface area contributed by atoms with E-state index < -0.39 is 58.1 Å². The molecule has 0 rings (SSSR count). The minimum atomic E-state index is -8.05. The summed E-state index contributed by atoms with van der Waals surface area (Å²) in [4.78, 5) is 0. The van der Waals surface area contributed by atoms with E-state index in [1.807, 2.05) is 0 Å². The van der Waals surface area contributed by atoms with E-state index in [-0.39, 0.29) is 18.9 Å². The molecule has 0 aliphatic carbocycles. The van der Waals surface area contributed by atoms with E-state index in [0.717, 1.165) is 0 Å². The maximum absolute atomic E-state index is 13.0. The molecule has 0 fully saturated rings. The number of hydrogen-bond acceptors (Lipinski definition) is 3. The minimum absolute atomic E-state index is 0. The van der Waals surface area contributed by atoms with Crippen LogP contribution in [-0.2, 0) is 10.1 Å². The zero-order valence-corrected chi connectivity index (χ0v) is 12.8. The molecule has 0 aliphatic rings. The summed E-state index contributed by atoms with van der Waals surface area (Å²) in [6.45, 7) is 0. The molecule has 0 unspecified atom stereocenters. The Balaban J connectivity index is 0. The van der Waals surface area contributed by atoms with Crippen LogP contribution in [0.1, 0.15) is 6.42 Å². The summed E-state index contributed by atoms with van der Waals surface area (Å²) in [5, 5.41) is 0. The van der Waals surface area contributed by atoms with Crippen molar-refractivity contribution in [3.05, 3.63) is 0 Å². The third-order valence-corrected chi connectivity index (χ3v) is 3.37. The average molecular weight is 434 g/mol. The van der Waals surface area contributed by atoms with Gasteiger partial charge in [-0.15, -0.1) is 0 Å². The van der Waals surface area contributed by atoms with E-state index in [2.05, 4.69) is 0 Å². The smallest absolute Gasteiger partial charge is 0.748 e. The maximum Gasteiger partial charge on any atom is 1.00 e. The molecule has 0 atom stereocenters. The van der Waals surface area contributed by atoms with Crippen molar-refractivity contribution in [1.82, 2.24) is 0 Å². The predicted molar refractivity (Wildman–Crippen MR) is 50.0 cm³/mol. The Labute approximate surface area is 147 Å². The van der Waals surface area contributed by atoms with Gasteiger partial charge in [0.2, 0.25) is 0 Å². The molecular weight excluding hydrogens is 430 g/mol. The van der Waals surface area contributed by atoms with E-state index in [4.69, 9.17) is 0 Å². The Morgan fingerprint density at radius 1 is 0.615 bits per heavy atom. The molecule has 0 aromatic rings. The first-order valence-corrected chi connectivity index (χ1v) is 6.93. The Hall–Kier alpha value is -0.403. The molecule has 0 N–H and O–H groups in total. The monoisotopic (exact) mass is 434 g/mol. The Morgan fingerprint density at radius 3 is 1.19 bits per heavy atom. The summed E-state index contributed by atoms with van der Waals surface area (Å²) in [6.07, 6.45) is -10.6. The quantitative estimate of drug-likeness (QED) is 0.337. The normalized spacial score (nSPS) is 15.6. The van der Waals surface area contributed by atoms with Gasteiger partial charge in [-0.3, -0.25) is 0 Å². The molecule has 0 heterocycles. The van der Waals surface area contributed by atoms with Gasteiger partial charge in [-0.05, 0) is 0 Å². The fraction of sp³-hybridized carbons (Fsp3) is 1.00. The van der Waals surface area contributed by atoms with Crippen molar-refractivity contribution in [2.45, 2.75) is 42.2 Å². The van der Waals surface area contributed by atoms with E-state index in [1.54, 1.807) is 0 Å². The van der Waals surface area contributed by atoms with Gasteiger partial charge >= 0.3 is 54.6 Å². The number of halogens is 13. The van der Waals surface area contributed by atoms with E-state index >= 15 is 0 Å². The van der Waals surface area contributed by atoms with Crippen molar-refractivity contribution in [2.24, 2.45) is 0 Å². The summed E-state index contributed by atoms with van der Waals surface area (Å²) in [5.74, 6) is -40.6. The summed E-state index contributed by atoms with van der Waals surface area (Å²) in [5.41, 5.74) is 0. The van der Waals surface area contributed by atoms with Crippen molar-refractivity contribution in [3.63, 3.8) is 0 Å². The summed E-state index contributed by atoms with van der Waals surface area (Å²) >= 11 is 0. The second kappa shape index (κ2) is 7.21. The first kappa shape index (κ1) is 27.8. The fourth-order valence-corrected chi connectivity index (χ4v) is 1.72. The average Bonchev–Trinajstić information content (AvgIpc) is 2.33. The molecule has 0 aromatic heterocycles. The minimum Gasteiger partial charge on any atom is -0.748 e. The van der Waals surface area contributed by atoms with Gasteiger partial charge in [0, 0.05) is 12.2 Å². The van der Waals surface area contributed by atoms with Crippen molar-refractivity contribution in [3.8, 4) is 0 Å². The standard InChI is InChI=1S/C8H5F13O3S.Li/c9-3(10,1-2-25(22,23)24)4(11,12)5(13,14)6(15,16)7(17,18)8(19,20)21;/h1-2H2,(H,22,23,24);/q;+1/p-1. The van der Waals surface area contributed by atoms with Crippen LogP contribution in [-0.4, -0.2) is 54.5 Å². The molecule has 0 spiro atoms. The van der Waals surface area contributed by atoms with Crippen LogP contribution in [0.4, 0.5) is 57.1 Å². The van der Waals surface area contributed by atoms with Gasteiger partial charge < -0.3 is 4.55 Å². The van der Waals surface area contributed by atoms with E-state index in [1.165, 1.54) is 0 Å². The molecule has 0 aliphatic heterocycles. The number of rotatable bonds is 7. The van der Waals surface area contributed by atoms with Gasteiger partial charge in [-0.2, -0.15) is 57.1 Å². The topological polar surface area (TPSA) is 57.2 Å². The van der Waals surface area contributed by atoms with Crippen LogP contribution in [0.25, 0.3) is 0 Å². The van der Waals surface area contributed by atoms with Crippen LogP contribution < -0.4 is 18.9 Å². The Bertz CT molecular complexity index is 597. The van der Waals surface area contributed by atoms with Gasteiger partial charge in [-0.1, -0.05) is 0 Å². The van der Waals surface area contributed by atoms with Crippen LogP contribution in [0, 0.1) is 0 Å². The van der Waals surface area contributed by atoms with Crippen molar-refractivity contribution in [2.75, 3.05) is 5.75 Å². The molecular formula is C8H4F13LiO3S. The van der Waals surface area contributed by atoms with Crippen LogP contribution in [0.3, 0.4) is 0 Å². The van der Waals surface area contributed by atoms with Gasteiger partial charge in [0.15, 0.2) is 0 Å². The van der Waals surface area contributed by atoms with Crippen LogP contribution in [0.15, 0.2) is 0 Å². The fourth-order valence-electron chi connectivity index (χ4n) is 1.21. The van der Waals surface area contributed by atoms with E-state index in [0.29, 0.717) is 0 Å². The molecule has 0 bridgehead atoms. The molecule has 0 saturated heterocycles. The first-order chi connectivity index (χ1) is 10.5. The Kier molecular flexibility index (Phi) is 7.71. The van der Waals surface area contributed by atoms with Crippen molar-refractivity contribution >= 4 is 10.1 Å². The third-order valence-electron chi connectivity index (χ3n) is 2.66. The molecule has 18 heteroatoms.